The van der Waals surface area contributed by atoms with Crippen LogP contribution in [0, 0.1) is 0 Å². The normalized spacial score (nSPS) is 14.1. The molecule has 0 aliphatic carbocycles. The Hall–Kier alpha value is -2.73. The number of anilines is 1. The van der Waals surface area contributed by atoms with Gasteiger partial charge >= 0.3 is 0 Å². The minimum atomic E-state index is -0.311. The number of amides is 2. The van der Waals surface area contributed by atoms with Crippen molar-refractivity contribution in [3.05, 3.63) is 59.0 Å². The van der Waals surface area contributed by atoms with E-state index in [0.717, 1.165) is 12.2 Å². The second-order valence-corrected chi connectivity index (χ2v) is 8.70. The minimum absolute atomic E-state index is 0.166. The van der Waals surface area contributed by atoms with E-state index in [-0.39, 0.29) is 17.1 Å². The summed E-state index contributed by atoms with van der Waals surface area (Å²) in [6.45, 7) is 9.17. The molecule has 1 aliphatic rings. The van der Waals surface area contributed by atoms with E-state index in [4.69, 9.17) is 9.47 Å². The van der Waals surface area contributed by atoms with E-state index in [1.165, 1.54) is 16.7 Å². The third-order valence-corrected chi connectivity index (χ3v) is 5.50. The molecule has 1 aliphatic heterocycles. The second-order valence-electron chi connectivity index (χ2n) is 7.12. The number of ether oxygens (including phenoxy) is 2. The monoisotopic (exact) mass is 425 g/mol. The maximum atomic E-state index is 13.3. The molecule has 0 saturated carbocycles. The van der Waals surface area contributed by atoms with Gasteiger partial charge in [0.2, 0.25) is 0 Å². The van der Waals surface area contributed by atoms with Crippen LogP contribution in [0.5, 0.6) is 11.5 Å². The molecule has 0 N–H and O–H groups in total. The van der Waals surface area contributed by atoms with E-state index in [2.05, 4.69) is 0 Å². The fraction of sp³-hybridized carbons (Fsp3) is 0.333. The van der Waals surface area contributed by atoms with Gasteiger partial charge in [0.25, 0.3) is 11.8 Å². The van der Waals surface area contributed by atoms with Crippen LogP contribution in [0.15, 0.2) is 53.4 Å². The van der Waals surface area contributed by atoms with Crippen molar-refractivity contribution in [3.63, 3.8) is 0 Å². The molecule has 0 saturated heterocycles. The van der Waals surface area contributed by atoms with Crippen LogP contribution >= 0.6 is 11.8 Å². The van der Waals surface area contributed by atoms with E-state index >= 15 is 0 Å². The highest BCUT2D eigenvalue weighted by atomic mass is 32.2. The largest absolute Gasteiger partial charge is 0.494 e. The highest BCUT2D eigenvalue weighted by Crippen LogP contribution is 2.40. The molecule has 2 amide bonds. The van der Waals surface area contributed by atoms with Gasteiger partial charge in [-0.3, -0.25) is 9.59 Å². The lowest BCUT2D eigenvalue weighted by Gasteiger charge is -2.16. The third kappa shape index (κ3) is 4.70. The van der Waals surface area contributed by atoms with E-state index < -0.39 is 0 Å². The number of carbonyl (C=O) groups is 2. The van der Waals surface area contributed by atoms with Gasteiger partial charge in [0.05, 0.1) is 29.4 Å². The maximum absolute atomic E-state index is 13.3. The number of hydrogen-bond donors (Lipinski definition) is 0. The molecular formula is C24H27NO4S. The van der Waals surface area contributed by atoms with Crippen molar-refractivity contribution in [2.75, 3.05) is 18.1 Å². The van der Waals surface area contributed by atoms with E-state index in [1.54, 1.807) is 24.3 Å². The molecule has 0 unspecified atom stereocenters. The number of nitrogens with zero attached hydrogens (tertiary/aromatic N) is 1. The fourth-order valence-electron chi connectivity index (χ4n) is 3.14. The van der Waals surface area contributed by atoms with Crippen LogP contribution in [0.4, 0.5) is 5.69 Å². The van der Waals surface area contributed by atoms with Crippen LogP contribution in [-0.2, 0) is 9.59 Å². The molecule has 2 aromatic rings. The van der Waals surface area contributed by atoms with Gasteiger partial charge in [0, 0.05) is 5.25 Å². The first-order chi connectivity index (χ1) is 14.5. The number of rotatable bonds is 9. The first-order valence-electron chi connectivity index (χ1n) is 10.2. The summed E-state index contributed by atoms with van der Waals surface area (Å²) in [7, 11) is 0. The van der Waals surface area contributed by atoms with Gasteiger partial charge in [-0.15, -0.1) is 11.8 Å². The molecule has 30 heavy (non-hydrogen) atoms. The van der Waals surface area contributed by atoms with Crippen LogP contribution in [0.1, 0.15) is 39.7 Å². The SMILES string of the molecule is CCCOc1ccc(C2=C(SC(C)C)C(=O)N(c3ccc(OCC)cc3)C2=O)cc1. The van der Waals surface area contributed by atoms with Crippen molar-refractivity contribution in [3.8, 4) is 11.5 Å². The summed E-state index contributed by atoms with van der Waals surface area (Å²) >= 11 is 1.42. The average Bonchev–Trinajstić information content (AvgIpc) is 2.97. The number of imide groups is 1. The highest BCUT2D eigenvalue weighted by molar-refractivity contribution is 8.04. The molecule has 0 radical (unpaired) electrons. The first-order valence-corrected chi connectivity index (χ1v) is 11.1. The second kappa shape index (κ2) is 9.85. The Morgan fingerprint density at radius 2 is 1.47 bits per heavy atom. The zero-order valence-corrected chi connectivity index (χ0v) is 18.6. The molecule has 2 aromatic carbocycles. The van der Waals surface area contributed by atoms with Gasteiger partial charge < -0.3 is 9.47 Å². The van der Waals surface area contributed by atoms with Crippen molar-refractivity contribution >= 4 is 34.8 Å². The molecular weight excluding hydrogens is 398 g/mol. The lowest BCUT2D eigenvalue weighted by molar-refractivity contribution is -0.119. The van der Waals surface area contributed by atoms with Crippen LogP contribution < -0.4 is 14.4 Å². The van der Waals surface area contributed by atoms with Crippen LogP contribution in [0.3, 0.4) is 0 Å². The van der Waals surface area contributed by atoms with E-state index in [1.807, 2.05) is 52.0 Å². The summed E-state index contributed by atoms with van der Waals surface area (Å²) < 4.78 is 11.1. The van der Waals surface area contributed by atoms with Gasteiger partial charge in [-0.05, 0) is 55.3 Å². The standard InChI is InChI=1S/C24H27NO4S/c1-5-15-29-20-11-7-17(8-12-20)21-22(30-16(3)4)24(27)25(23(21)26)18-9-13-19(14-10-18)28-6-2/h7-14,16H,5-6,15H2,1-4H3. The van der Waals surface area contributed by atoms with Crippen molar-refractivity contribution in [2.45, 2.75) is 39.4 Å². The summed E-state index contributed by atoms with van der Waals surface area (Å²) in [5, 5.41) is 0.166. The topological polar surface area (TPSA) is 55.8 Å². The first kappa shape index (κ1) is 22.0. The predicted octanol–water partition coefficient (Wildman–Crippen LogP) is 5.30. The highest BCUT2D eigenvalue weighted by Gasteiger charge is 2.40. The van der Waals surface area contributed by atoms with Crippen molar-refractivity contribution in [2.24, 2.45) is 0 Å². The molecule has 1 heterocycles. The molecule has 0 atom stereocenters. The number of carbonyl (C=O) groups excluding carboxylic acids is 2. The molecule has 0 aromatic heterocycles. The zero-order chi connectivity index (χ0) is 21.7. The lowest BCUT2D eigenvalue weighted by atomic mass is 10.1. The third-order valence-electron chi connectivity index (χ3n) is 4.42. The van der Waals surface area contributed by atoms with Crippen molar-refractivity contribution < 1.29 is 19.1 Å². The summed E-state index contributed by atoms with van der Waals surface area (Å²) in [5.74, 6) is 0.853. The maximum Gasteiger partial charge on any atom is 0.272 e. The average molecular weight is 426 g/mol. The predicted molar refractivity (Wildman–Crippen MR) is 122 cm³/mol. The summed E-state index contributed by atoms with van der Waals surface area (Å²) in [6, 6.07) is 14.4. The van der Waals surface area contributed by atoms with E-state index in [0.29, 0.717) is 40.7 Å². The Morgan fingerprint density at radius 1 is 0.867 bits per heavy atom. The van der Waals surface area contributed by atoms with Crippen LogP contribution in [-0.4, -0.2) is 30.3 Å². The molecule has 3 rings (SSSR count). The number of thioether (sulfide) groups is 1. The summed E-state index contributed by atoms with van der Waals surface area (Å²) in [5.41, 5.74) is 1.69. The Kier molecular flexibility index (Phi) is 7.21. The Bertz CT molecular complexity index is 933. The molecule has 158 valence electrons. The van der Waals surface area contributed by atoms with Gasteiger partial charge in [-0.25, -0.2) is 4.90 Å². The van der Waals surface area contributed by atoms with Crippen LogP contribution in [0.25, 0.3) is 5.57 Å². The van der Waals surface area contributed by atoms with Gasteiger partial charge in [0.1, 0.15) is 11.5 Å². The summed E-state index contributed by atoms with van der Waals surface area (Å²) in [6.07, 6.45) is 0.923. The number of hydrogen-bond acceptors (Lipinski definition) is 5. The molecule has 6 heteroatoms. The van der Waals surface area contributed by atoms with Gasteiger partial charge in [-0.1, -0.05) is 32.9 Å². The Morgan fingerprint density at radius 3 is 2.03 bits per heavy atom. The molecule has 0 fully saturated rings. The minimum Gasteiger partial charge on any atom is -0.494 e. The smallest absolute Gasteiger partial charge is 0.272 e. The fourth-order valence-corrected chi connectivity index (χ4v) is 4.13. The van der Waals surface area contributed by atoms with Crippen LogP contribution in [0.2, 0.25) is 0 Å². The number of benzene rings is 2. The van der Waals surface area contributed by atoms with Gasteiger partial charge in [-0.2, -0.15) is 0 Å². The molecule has 5 nitrogen and oxygen atoms in total. The quantitative estimate of drug-likeness (QED) is 0.510. The lowest BCUT2D eigenvalue weighted by Crippen LogP contribution is -2.31. The van der Waals surface area contributed by atoms with Crippen molar-refractivity contribution in [1.29, 1.82) is 0 Å². The molecule has 0 spiro atoms. The van der Waals surface area contributed by atoms with Gasteiger partial charge in [0.15, 0.2) is 0 Å². The summed E-state index contributed by atoms with van der Waals surface area (Å²) in [4.78, 5) is 28.3. The zero-order valence-electron chi connectivity index (χ0n) is 17.8. The van der Waals surface area contributed by atoms with Crippen molar-refractivity contribution in [1.82, 2.24) is 0 Å². The Labute approximate surface area is 182 Å². The van der Waals surface area contributed by atoms with E-state index in [9.17, 15) is 9.59 Å². The molecule has 0 bridgehead atoms. The Balaban J connectivity index is 1.95.